The van der Waals surface area contributed by atoms with Gasteiger partial charge >= 0.3 is 0 Å². The Morgan fingerprint density at radius 2 is 1.85 bits per heavy atom. The minimum Gasteiger partial charge on any atom is -0.259 e. The monoisotopic (exact) mass is 358 g/mol. The highest BCUT2D eigenvalue weighted by Gasteiger charge is 2.15. The lowest BCUT2D eigenvalue weighted by Crippen LogP contribution is -2.10. The van der Waals surface area contributed by atoms with Crippen LogP contribution in [0.15, 0.2) is 54.9 Å². The van der Waals surface area contributed by atoms with Crippen LogP contribution in [0.5, 0.6) is 0 Å². The lowest BCUT2D eigenvalue weighted by molar-refractivity contribution is 0.529. The van der Waals surface area contributed by atoms with Crippen molar-refractivity contribution in [2.24, 2.45) is 0 Å². The molecule has 0 radical (unpaired) electrons. The van der Waals surface area contributed by atoms with Gasteiger partial charge < -0.3 is 0 Å². The number of aromatic nitrogens is 6. The molecule has 1 atom stereocenters. The Labute approximate surface area is 158 Å². The molecule has 0 N–H and O–H groups in total. The predicted molar refractivity (Wildman–Crippen MR) is 105 cm³/mol. The molecule has 0 aliphatic carbocycles. The van der Waals surface area contributed by atoms with Crippen molar-refractivity contribution in [3.63, 3.8) is 0 Å². The number of hydrogen-bond acceptors (Lipinski definition) is 4. The molecule has 3 heterocycles. The van der Waals surface area contributed by atoms with Gasteiger partial charge in [-0.15, -0.1) is 5.10 Å². The molecule has 136 valence electrons. The molecule has 0 aliphatic heterocycles. The minimum absolute atomic E-state index is 0.0200. The largest absolute Gasteiger partial charge is 0.259 e. The second-order valence-corrected chi connectivity index (χ2v) is 6.85. The van der Waals surface area contributed by atoms with E-state index in [0.717, 1.165) is 39.6 Å². The summed E-state index contributed by atoms with van der Waals surface area (Å²) < 4.78 is 3.81. The maximum absolute atomic E-state index is 4.57. The quantitative estimate of drug-likeness (QED) is 0.552. The molecule has 0 aliphatic rings. The first kappa shape index (κ1) is 17.1. The Morgan fingerprint density at radius 1 is 1.00 bits per heavy atom. The molecule has 0 spiro atoms. The summed E-state index contributed by atoms with van der Waals surface area (Å²) in [6, 6.07) is 14.3. The summed E-state index contributed by atoms with van der Waals surface area (Å²) in [6.45, 7) is 8.20. The van der Waals surface area contributed by atoms with E-state index in [1.807, 2.05) is 52.9 Å². The summed E-state index contributed by atoms with van der Waals surface area (Å²) >= 11 is 0. The molecule has 27 heavy (non-hydrogen) atoms. The van der Waals surface area contributed by atoms with Crippen LogP contribution in [-0.2, 0) is 0 Å². The first-order valence-corrected chi connectivity index (χ1v) is 9.00. The molecule has 0 amide bonds. The fourth-order valence-electron chi connectivity index (χ4n) is 3.35. The third-order valence-electron chi connectivity index (χ3n) is 4.75. The first-order chi connectivity index (χ1) is 13.0. The van der Waals surface area contributed by atoms with Gasteiger partial charge in [-0.3, -0.25) is 4.98 Å². The van der Waals surface area contributed by atoms with E-state index in [0.29, 0.717) is 0 Å². The van der Waals surface area contributed by atoms with Crippen molar-refractivity contribution >= 4 is 0 Å². The van der Waals surface area contributed by atoms with Crippen molar-refractivity contribution in [1.29, 1.82) is 0 Å². The molecule has 4 aromatic rings. The highest BCUT2D eigenvalue weighted by molar-refractivity contribution is 5.61. The third-order valence-corrected chi connectivity index (χ3v) is 4.75. The van der Waals surface area contributed by atoms with Gasteiger partial charge in [0.15, 0.2) is 0 Å². The minimum atomic E-state index is 0.0200. The Morgan fingerprint density at radius 3 is 2.59 bits per heavy atom. The highest BCUT2D eigenvalue weighted by Crippen LogP contribution is 2.24. The van der Waals surface area contributed by atoms with Crippen LogP contribution in [0.25, 0.3) is 16.9 Å². The lowest BCUT2D eigenvalue weighted by Gasteiger charge is -2.12. The van der Waals surface area contributed by atoms with E-state index >= 15 is 0 Å². The first-order valence-electron chi connectivity index (χ1n) is 9.00. The summed E-state index contributed by atoms with van der Waals surface area (Å²) in [5.41, 5.74) is 7.12. The lowest BCUT2D eigenvalue weighted by atomic mass is 10.1. The van der Waals surface area contributed by atoms with Crippen molar-refractivity contribution < 1.29 is 0 Å². The van der Waals surface area contributed by atoms with Gasteiger partial charge in [0.25, 0.3) is 0 Å². The summed E-state index contributed by atoms with van der Waals surface area (Å²) in [5, 5.41) is 13.3. The van der Waals surface area contributed by atoms with Gasteiger partial charge in [0.2, 0.25) is 0 Å². The van der Waals surface area contributed by atoms with Gasteiger partial charge in [-0.25, -0.2) is 9.36 Å². The number of aryl methyl sites for hydroxylation is 3. The average Bonchev–Trinajstić information content (AvgIpc) is 3.28. The average molecular weight is 358 g/mol. The topological polar surface area (TPSA) is 61.4 Å². The molecular formula is C21H22N6. The number of pyridine rings is 1. The number of nitrogens with zero attached hydrogens (tertiary/aromatic N) is 6. The fourth-order valence-corrected chi connectivity index (χ4v) is 3.35. The van der Waals surface area contributed by atoms with Crippen molar-refractivity contribution in [3.05, 3.63) is 77.5 Å². The molecule has 4 rings (SSSR count). The van der Waals surface area contributed by atoms with Crippen molar-refractivity contribution in [2.75, 3.05) is 0 Å². The van der Waals surface area contributed by atoms with Gasteiger partial charge in [0.05, 0.1) is 29.3 Å². The molecule has 0 saturated heterocycles. The highest BCUT2D eigenvalue weighted by atomic mass is 15.4. The van der Waals surface area contributed by atoms with E-state index in [9.17, 15) is 0 Å². The standard InChI is InChI=1S/C21H22N6/c1-14-7-6-10-22-21(14)17(4)26-13-20(23-25-26)18-8-5-9-19(12-18)27-16(3)11-15(2)24-27/h5-13,17H,1-4H3. The van der Waals surface area contributed by atoms with Crippen LogP contribution in [0.3, 0.4) is 0 Å². The van der Waals surface area contributed by atoms with Crippen LogP contribution >= 0.6 is 0 Å². The number of rotatable bonds is 4. The van der Waals surface area contributed by atoms with Crippen LogP contribution < -0.4 is 0 Å². The summed E-state index contributed by atoms with van der Waals surface area (Å²) in [5.74, 6) is 0. The zero-order valence-electron chi connectivity index (χ0n) is 16.0. The van der Waals surface area contributed by atoms with Crippen LogP contribution in [0.4, 0.5) is 0 Å². The molecule has 1 unspecified atom stereocenters. The molecule has 6 heteroatoms. The maximum Gasteiger partial charge on any atom is 0.113 e. The summed E-state index contributed by atoms with van der Waals surface area (Å²) in [4.78, 5) is 4.50. The normalized spacial score (nSPS) is 12.3. The van der Waals surface area contributed by atoms with Crippen LogP contribution in [0.2, 0.25) is 0 Å². The molecule has 0 saturated carbocycles. The van der Waals surface area contributed by atoms with E-state index in [1.165, 1.54) is 0 Å². The molecular weight excluding hydrogens is 336 g/mol. The van der Waals surface area contributed by atoms with Crippen LogP contribution in [-0.4, -0.2) is 29.8 Å². The zero-order chi connectivity index (χ0) is 19.0. The van der Waals surface area contributed by atoms with Gasteiger partial charge in [-0.05, 0) is 57.5 Å². The van der Waals surface area contributed by atoms with Gasteiger partial charge in [-0.2, -0.15) is 5.10 Å². The Balaban J connectivity index is 1.67. The summed E-state index contributed by atoms with van der Waals surface area (Å²) in [6.07, 6.45) is 3.79. The van der Waals surface area contributed by atoms with E-state index in [-0.39, 0.29) is 6.04 Å². The Hall–Kier alpha value is -3.28. The predicted octanol–water partition coefficient (Wildman–Crippen LogP) is 4.06. The van der Waals surface area contributed by atoms with Gasteiger partial charge in [-0.1, -0.05) is 23.4 Å². The summed E-state index contributed by atoms with van der Waals surface area (Å²) in [7, 11) is 0. The number of benzene rings is 1. The van der Waals surface area contributed by atoms with E-state index < -0.39 is 0 Å². The number of hydrogen-bond donors (Lipinski definition) is 0. The SMILES string of the molecule is Cc1cc(C)n(-c2cccc(-c3cn(C(C)c4ncccc4C)nn3)c2)n1. The second kappa shape index (κ2) is 6.79. The van der Waals surface area contributed by atoms with Crippen molar-refractivity contribution in [2.45, 2.75) is 33.7 Å². The fraction of sp³-hybridized carbons (Fsp3) is 0.238. The molecule has 1 aromatic carbocycles. The van der Waals surface area contributed by atoms with Crippen molar-refractivity contribution in [1.82, 2.24) is 29.8 Å². The molecule has 0 fully saturated rings. The van der Waals surface area contributed by atoms with Gasteiger partial charge in [0.1, 0.15) is 5.69 Å². The molecule has 0 bridgehead atoms. The third kappa shape index (κ3) is 3.26. The Kier molecular flexibility index (Phi) is 4.32. The van der Waals surface area contributed by atoms with E-state index in [4.69, 9.17) is 0 Å². The smallest absolute Gasteiger partial charge is 0.113 e. The van der Waals surface area contributed by atoms with Crippen LogP contribution in [0.1, 0.15) is 35.6 Å². The van der Waals surface area contributed by atoms with E-state index in [2.05, 4.69) is 59.4 Å². The van der Waals surface area contributed by atoms with Crippen molar-refractivity contribution in [3.8, 4) is 16.9 Å². The molecule has 3 aromatic heterocycles. The van der Waals surface area contributed by atoms with Crippen LogP contribution in [0, 0.1) is 20.8 Å². The molecule has 6 nitrogen and oxygen atoms in total. The van der Waals surface area contributed by atoms with Gasteiger partial charge in [0, 0.05) is 17.5 Å². The Bertz CT molecular complexity index is 1090. The van der Waals surface area contributed by atoms with E-state index in [1.54, 1.807) is 0 Å². The maximum atomic E-state index is 4.57. The second-order valence-electron chi connectivity index (χ2n) is 6.85. The zero-order valence-corrected chi connectivity index (χ0v) is 16.0.